The van der Waals surface area contributed by atoms with Gasteiger partial charge < -0.3 is 24.1 Å². The predicted molar refractivity (Wildman–Crippen MR) is 126 cm³/mol. The Morgan fingerprint density at radius 2 is 2.06 bits per heavy atom. The first kappa shape index (κ1) is 22.7. The van der Waals surface area contributed by atoms with Crippen LogP contribution in [0.25, 0.3) is 0 Å². The van der Waals surface area contributed by atoms with Crippen molar-refractivity contribution in [3.63, 3.8) is 0 Å². The molecule has 9 nitrogen and oxygen atoms in total. The summed E-state index contributed by atoms with van der Waals surface area (Å²) in [7, 11) is 0. The molecule has 0 saturated carbocycles. The van der Waals surface area contributed by atoms with E-state index in [0.717, 1.165) is 0 Å². The molecule has 0 aliphatic carbocycles. The zero-order chi connectivity index (χ0) is 25.2. The van der Waals surface area contributed by atoms with Crippen LogP contribution in [0, 0.1) is 17.8 Å². The highest BCUT2D eigenvalue weighted by molar-refractivity contribution is 6.01. The third kappa shape index (κ3) is 3.12. The Labute approximate surface area is 207 Å². The lowest BCUT2D eigenvalue weighted by atomic mass is 9.70. The van der Waals surface area contributed by atoms with E-state index in [0.29, 0.717) is 17.0 Å². The van der Waals surface area contributed by atoms with Gasteiger partial charge in [-0.05, 0) is 37.3 Å². The molecule has 2 amide bonds. The smallest absolute Gasteiger partial charge is 0.338 e. The number of hydrogen-bond acceptors (Lipinski definition) is 7. The fourth-order valence-corrected chi connectivity index (χ4v) is 6.43. The maximum atomic E-state index is 14.0. The van der Waals surface area contributed by atoms with Gasteiger partial charge in [0.15, 0.2) is 0 Å². The molecule has 2 bridgehead atoms. The van der Waals surface area contributed by atoms with Crippen molar-refractivity contribution in [1.82, 2.24) is 4.90 Å². The summed E-state index contributed by atoms with van der Waals surface area (Å²) in [6, 6.07) is 8.91. The number of esters is 1. The Morgan fingerprint density at radius 3 is 2.81 bits per heavy atom. The summed E-state index contributed by atoms with van der Waals surface area (Å²) in [5, 5.41) is 2.86. The van der Waals surface area contributed by atoms with Gasteiger partial charge in [-0.15, -0.1) is 0 Å². The van der Waals surface area contributed by atoms with E-state index in [-0.39, 0.29) is 30.6 Å². The van der Waals surface area contributed by atoms with Crippen LogP contribution < -0.4 is 5.32 Å². The Hall–Kier alpha value is -3.72. The van der Waals surface area contributed by atoms with E-state index < -0.39 is 47.5 Å². The van der Waals surface area contributed by atoms with Gasteiger partial charge in [0.05, 0.1) is 48.5 Å². The summed E-state index contributed by atoms with van der Waals surface area (Å²) in [6.07, 6.45) is 4.78. The minimum Gasteiger partial charge on any atom is -0.467 e. The highest BCUT2D eigenvalue weighted by Gasteiger charge is 2.74. The van der Waals surface area contributed by atoms with Crippen LogP contribution in [0.3, 0.4) is 0 Å². The molecule has 1 aromatic heterocycles. The van der Waals surface area contributed by atoms with Crippen molar-refractivity contribution in [1.29, 1.82) is 0 Å². The average molecular weight is 491 g/mol. The summed E-state index contributed by atoms with van der Waals surface area (Å²) in [5.74, 6) is -2.49. The maximum Gasteiger partial charge on any atom is 0.338 e. The van der Waals surface area contributed by atoms with Crippen LogP contribution in [0.2, 0.25) is 0 Å². The lowest BCUT2D eigenvalue weighted by molar-refractivity contribution is -0.147. The first-order chi connectivity index (χ1) is 17.4. The number of hydrogen-bond donors (Lipinski definition) is 1. The van der Waals surface area contributed by atoms with Gasteiger partial charge in [-0.2, -0.15) is 0 Å². The number of piperidine rings is 1. The van der Waals surface area contributed by atoms with Crippen molar-refractivity contribution in [2.75, 3.05) is 11.9 Å². The molecule has 4 aliphatic rings. The third-order valence-corrected chi connectivity index (χ3v) is 7.90. The van der Waals surface area contributed by atoms with Gasteiger partial charge in [0.25, 0.3) is 0 Å². The minimum absolute atomic E-state index is 0.0320. The zero-order valence-electron chi connectivity index (χ0n) is 19.9. The largest absolute Gasteiger partial charge is 0.467 e. The van der Waals surface area contributed by atoms with E-state index in [4.69, 9.17) is 13.9 Å². The van der Waals surface area contributed by atoms with Crippen LogP contribution in [-0.2, 0) is 23.9 Å². The Kier molecular flexibility index (Phi) is 5.15. The second kappa shape index (κ2) is 8.16. The summed E-state index contributed by atoms with van der Waals surface area (Å²) in [4.78, 5) is 54.4. The first-order valence-electron chi connectivity index (χ1n) is 12.2. The van der Waals surface area contributed by atoms with Crippen molar-refractivity contribution in [3.05, 3.63) is 66.1 Å². The summed E-state index contributed by atoms with van der Waals surface area (Å²) in [6.45, 7) is 3.78. The lowest BCUT2D eigenvalue weighted by Crippen LogP contribution is -2.55. The predicted octanol–water partition coefficient (Wildman–Crippen LogP) is 2.90. The molecule has 0 unspecified atom stereocenters. The number of carbonyl (C=O) groups excluding carboxylic acids is 4. The standard InChI is InChI=1S/C27H26N2O7/c1-3-34-26(33)15-6-4-7-16(12-15)28-24(31)21-20-9-10-27(36-20)22(21)25(32)29-17(19-8-5-11-35-19)13-18(30)14(2)23(27)29/h4-12,14,17,20-23H,3,13H2,1-2H3,(H,28,31)/t14-,17-,20-,21+,22-,23-,27+/m1/s1. The number of Topliss-reactive ketones (excluding diaryl/α,β-unsaturated/α-hetero) is 1. The molecule has 0 radical (unpaired) electrons. The maximum absolute atomic E-state index is 14.0. The summed E-state index contributed by atoms with van der Waals surface area (Å²) in [5.41, 5.74) is -0.318. The number of fused-ring (bicyclic) bond motifs is 2. The molecule has 3 fully saturated rings. The zero-order valence-corrected chi connectivity index (χ0v) is 19.9. The second-order valence-electron chi connectivity index (χ2n) is 9.77. The molecule has 36 heavy (non-hydrogen) atoms. The number of nitrogens with zero attached hydrogens (tertiary/aromatic N) is 1. The molecule has 2 aromatic rings. The Balaban J connectivity index is 1.32. The van der Waals surface area contributed by atoms with E-state index in [2.05, 4.69) is 5.32 Å². The van der Waals surface area contributed by atoms with Gasteiger partial charge >= 0.3 is 5.97 Å². The van der Waals surface area contributed by atoms with Gasteiger partial charge in [0, 0.05) is 18.0 Å². The van der Waals surface area contributed by atoms with E-state index in [1.807, 2.05) is 19.1 Å². The molecule has 7 atom stereocenters. The van der Waals surface area contributed by atoms with E-state index >= 15 is 0 Å². The second-order valence-corrected chi connectivity index (χ2v) is 9.77. The number of ketones is 1. The van der Waals surface area contributed by atoms with Crippen molar-refractivity contribution in [3.8, 4) is 0 Å². The highest BCUT2D eigenvalue weighted by atomic mass is 16.5. The monoisotopic (exact) mass is 490 g/mol. The molecule has 186 valence electrons. The van der Waals surface area contributed by atoms with Crippen LogP contribution in [0.4, 0.5) is 5.69 Å². The van der Waals surface area contributed by atoms with Crippen LogP contribution in [-0.4, -0.2) is 52.8 Å². The Morgan fingerprint density at radius 1 is 1.22 bits per heavy atom. The fourth-order valence-electron chi connectivity index (χ4n) is 6.43. The van der Waals surface area contributed by atoms with Crippen LogP contribution in [0.15, 0.2) is 59.2 Å². The third-order valence-electron chi connectivity index (χ3n) is 7.90. The molecule has 6 rings (SSSR count). The van der Waals surface area contributed by atoms with Crippen LogP contribution in [0.5, 0.6) is 0 Å². The van der Waals surface area contributed by atoms with Gasteiger partial charge in [0.2, 0.25) is 11.8 Å². The number of furan rings is 1. The molecular weight excluding hydrogens is 464 g/mol. The molecule has 1 aromatic carbocycles. The molecule has 9 heteroatoms. The van der Waals surface area contributed by atoms with E-state index in [1.165, 1.54) is 6.26 Å². The van der Waals surface area contributed by atoms with Crippen LogP contribution in [0.1, 0.15) is 42.4 Å². The van der Waals surface area contributed by atoms with E-state index in [9.17, 15) is 19.2 Å². The number of anilines is 1. The minimum atomic E-state index is -1.06. The van der Waals surface area contributed by atoms with Gasteiger partial charge in [-0.1, -0.05) is 25.1 Å². The van der Waals surface area contributed by atoms with Crippen molar-refractivity contribution in [2.24, 2.45) is 17.8 Å². The summed E-state index contributed by atoms with van der Waals surface area (Å²) >= 11 is 0. The molecule has 4 aliphatic heterocycles. The van der Waals surface area contributed by atoms with Gasteiger partial charge in [-0.25, -0.2) is 4.79 Å². The number of carbonyl (C=O) groups is 4. The van der Waals surface area contributed by atoms with E-state index in [1.54, 1.807) is 48.2 Å². The van der Waals surface area contributed by atoms with Crippen molar-refractivity contribution in [2.45, 2.75) is 44.1 Å². The number of amides is 2. The van der Waals surface area contributed by atoms with Crippen molar-refractivity contribution >= 4 is 29.3 Å². The number of rotatable bonds is 5. The summed E-state index contributed by atoms with van der Waals surface area (Å²) < 4.78 is 17.0. The topological polar surface area (TPSA) is 115 Å². The molecule has 5 heterocycles. The lowest BCUT2D eigenvalue weighted by Gasteiger charge is -2.43. The normalized spacial score (nSPS) is 34.0. The number of ether oxygens (including phenoxy) is 2. The van der Waals surface area contributed by atoms with Gasteiger partial charge in [0.1, 0.15) is 17.1 Å². The van der Waals surface area contributed by atoms with Crippen molar-refractivity contribution < 1.29 is 33.1 Å². The fraction of sp³-hybridized carbons (Fsp3) is 0.407. The average Bonchev–Trinajstić information content (AvgIpc) is 3.64. The molecule has 3 saturated heterocycles. The molecule has 1 N–H and O–H groups in total. The number of nitrogens with one attached hydrogen (secondary N) is 1. The van der Waals surface area contributed by atoms with Gasteiger partial charge in [-0.3, -0.25) is 14.4 Å². The van der Waals surface area contributed by atoms with Crippen LogP contribution >= 0.6 is 0 Å². The molecular formula is C27H26N2O7. The SMILES string of the molecule is CCOC(=O)c1cccc(NC(=O)[C@H]2[C@H]3C=C[C@]4(O3)[C@H]2C(=O)N2[C@@H](c3ccco3)CC(=O)[C@@H](C)[C@@H]24)c1. The molecule has 1 spiro atoms. The quantitative estimate of drug-likeness (QED) is 0.506. The first-order valence-corrected chi connectivity index (χ1v) is 12.2. The Bertz CT molecular complexity index is 1280. The highest BCUT2D eigenvalue weighted by Crippen LogP contribution is 2.60. The number of benzene rings is 1.